The molecule has 33 heavy (non-hydrogen) atoms. The lowest BCUT2D eigenvalue weighted by Gasteiger charge is -2.40. The van der Waals surface area contributed by atoms with Crippen LogP contribution in [0.25, 0.3) is 0 Å². The number of halogens is 3. The Bertz CT molecular complexity index is 971. The molecule has 8 heteroatoms. The average Bonchev–Trinajstić information content (AvgIpc) is 2.83. The first-order valence-electron chi connectivity index (χ1n) is 11.2. The van der Waals surface area contributed by atoms with Crippen molar-refractivity contribution in [3.05, 3.63) is 71.3 Å². The molecule has 0 aromatic heterocycles. The predicted molar refractivity (Wildman–Crippen MR) is 116 cm³/mol. The Labute approximate surface area is 191 Å². The van der Waals surface area contributed by atoms with Gasteiger partial charge in [-0.05, 0) is 49.6 Å². The molecule has 0 bridgehead atoms. The summed E-state index contributed by atoms with van der Waals surface area (Å²) in [5.41, 5.74) is 0.483. The molecule has 5 nitrogen and oxygen atoms in total. The molecular formula is C25H27F3N2O3. The van der Waals surface area contributed by atoms with E-state index in [1.54, 1.807) is 4.90 Å². The summed E-state index contributed by atoms with van der Waals surface area (Å²) < 4.78 is 44.3. The lowest BCUT2D eigenvalue weighted by Crippen LogP contribution is -2.50. The fourth-order valence-corrected chi connectivity index (χ4v) is 4.56. The Morgan fingerprint density at radius 3 is 2.15 bits per heavy atom. The van der Waals surface area contributed by atoms with Gasteiger partial charge in [-0.2, -0.15) is 13.2 Å². The van der Waals surface area contributed by atoms with Crippen molar-refractivity contribution in [2.45, 2.75) is 38.1 Å². The van der Waals surface area contributed by atoms with Crippen LogP contribution in [0.2, 0.25) is 0 Å². The second kappa shape index (κ2) is 9.55. The lowest BCUT2D eigenvalue weighted by atomic mass is 9.93. The van der Waals surface area contributed by atoms with E-state index in [4.69, 9.17) is 4.74 Å². The highest BCUT2D eigenvalue weighted by atomic mass is 19.4. The summed E-state index contributed by atoms with van der Waals surface area (Å²) in [4.78, 5) is 29.4. The first-order chi connectivity index (χ1) is 15.7. The third-order valence-corrected chi connectivity index (χ3v) is 6.33. The lowest BCUT2D eigenvalue weighted by molar-refractivity contribution is -0.150. The van der Waals surface area contributed by atoms with Gasteiger partial charge in [0.2, 0.25) is 5.91 Å². The molecule has 2 aromatic carbocycles. The molecule has 2 aliphatic rings. The van der Waals surface area contributed by atoms with Crippen molar-refractivity contribution in [2.24, 2.45) is 5.92 Å². The first kappa shape index (κ1) is 23.3. The topological polar surface area (TPSA) is 49.9 Å². The maximum atomic E-state index is 13.2. The van der Waals surface area contributed by atoms with E-state index in [1.807, 2.05) is 42.2 Å². The van der Waals surface area contributed by atoms with Crippen molar-refractivity contribution in [3.63, 3.8) is 0 Å². The minimum absolute atomic E-state index is 0.0748. The molecule has 2 saturated heterocycles. The maximum absolute atomic E-state index is 13.2. The van der Waals surface area contributed by atoms with Crippen LogP contribution in [0, 0.1) is 5.92 Å². The highest BCUT2D eigenvalue weighted by Gasteiger charge is 2.35. The number of carbonyl (C=O) groups is 2. The van der Waals surface area contributed by atoms with Gasteiger partial charge in [-0.15, -0.1) is 0 Å². The van der Waals surface area contributed by atoms with Gasteiger partial charge in [0.05, 0.1) is 18.2 Å². The molecule has 176 valence electrons. The number of amides is 2. The van der Waals surface area contributed by atoms with Crippen LogP contribution in [0.4, 0.5) is 13.2 Å². The number of alkyl halides is 3. The van der Waals surface area contributed by atoms with E-state index in [0.29, 0.717) is 39.0 Å². The molecule has 2 aromatic rings. The van der Waals surface area contributed by atoms with E-state index in [1.165, 1.54) is 12.1 Å². The zero-order valence-corrected chi connectivity index (χ0v) is 18.4. The van der Waals surface area contributed by atoms with Crippen LogP contribution in [0.1, 0.15) is 47.4 Å². The van der Waals surface area contributed by atoms with Gasteiger partial charge in [0, 0.05) is 31.1 Å². The zero-order valence-electron chi connectivity index (χ0n) is 18.4. The van der Waals surface area contributed by atoms with Crippen LogP contribution in [0.15, 0.2) is 54.6 Å². The van der Waals surface area contributed by atoms with Gasteiger partial charge in [-0.25, -0.2) is 0 Å². The molecule has 0 spiro atoms. The maximum Gasteiger partial charge on any atom is 0.416 e. The molecule has 2 atom stereocenters. The van der Waals surface area contributed by atoms with Crippen LogP contribution in [-0.4, -0.2) is 53.9 Å². The van der Waals surface area contributed by atoms with E-state index in [9.17, 15) is 22.8 Å². The van der Waals surface area contributed by atoms with Gasteiger partial charge >= 0.3 is 6.18 Å². The molecule has 2 aliphatic heterocycles. The molecule has 2 fully saturated rings. The molecule has 0 radical (unpaired) electrons. The third-order valence-electron chi connectivity index (χ3n) is 6.33. The van der Waals surface area contributed by atoms with Gasteiger partial charge in [-0.3, -0.25) is 9.59 Å². The van der Waals surface area contributed by atoms with Gasteiger partial charge in [0.25, 0.3) is 5.91 Å². The van der Waals surface area contributed by atoms with Crippen LogP contribution in [-0.2, 0) is 15.7 Å². The van der Waals surface area contributed by atoms with Gasteiger partial charge in [0.1, 0.15) is 6.10 Å². The number of nitrogens with zero attached hydrogens (tertiary/aromatic N) is 2. The highest BCUT2D eigenvalue weighted by Crippen LogP contribution is 2.30. The van der Waals surface area contributed by atoms with E-state index in [0.717, 1.165) is 17.7 Å². The van der Waals surface area contributed by atoms with Crippen molar-refractivity contribution < 1.29 is 27.5 Å². The fourth-order valence-electron chi connectivity index (χ4n) is 4.56. The SMILES string of the molecule is CC1CN(C(=O)C2CCN(C(=O)c3ccc(C(F)(F)F)cc3)CC2)CC(c2ccccc2)O1. The first-order valence-corrected chi connectivity index (χ1v) is 11.2. The van der Waals surface area contributed by atoms with E-state index in [-0.39, 0.29) is 35.5 Å². The number of likely N-dealkylation sites (tertiary alicyclic amines) is 1. The largest absolute Gasteiger partial charge is 0.416 e. The number of rotatable bonds is 3. The van der Waals surface area contributed by atoms with Crippen LogP contribution in [0.3, 0.4) is 0 Å². The van der Waals surface area contributed by atoms with Gasteiger partial charge in [-0.1, -0.05) is 30.3 Å². The predicted octanol–water partition coefficient (Wildman–Crippen LogP) is 4.55. The van der Waals surface area contributed by atoms with Crippen LogP contribution < -0.4 is 0 Å². The molecule has 2 unspecified atom stereocenters. The molecule has 0 aliphatic carbocycles. The quantitative estimate of drug-likeness (QED) is 0.676. The van der Waals surface area contributed by atoms with Crippen molar-refractivity contribution >= 4 is 11.8 Å². The van der Waals surface area contributed by atoms with Gasteiger partial charge in [0.15, 0.2) is 0 Å². The molecule has 0 saturated carbocycles. The number of piperidine rings is 1. The smallest absolute Gasteiger partial charge is 0.367 e. The summed E-state index contributed by atoms with van der Waals surface area (Å²) in [7, 11) is 0. The van der Waals surface area contributed by atoms with Crippen molar-refractivity contribution in [3.8, 4) is 0 Å². The standard InChI is InChI=1S/C25H27F3N2O3/c1-17-15-30(16-22(33-17)18-5-3-2-4-6-18)24(32)20-11-13-29(14-12-20)23(31)19-7-9-21(10-8-19)25(26,27)28/h2-10,17,20,22H,11-16H2,1H3. The van der Waals surface area contributed by atoms with Crippen LogP contribution in [0.5, 0.6) is 0 Å². The average molecular weight is 460 g/mol. The van der Waals surface area contributed by atoms with E-state index < -0.39 is 11.7 Å². The molecule has 0 N–H and O–H groups in total. The number of hydrogen-bond acceptors (Lipinski definition) is 3. The summed E-state index contributed by atoms with van der Waals surface area (Å²) in [5, 5.41) is 0. The Kier molecular flexibility index (Phi) is 6.74. The second-order valence-electron chi connectivity index (χ2n) is 8.73. The monoisotopic (exact) mass is 460 g/mol. The summed E-state index contributed by atoms with van der Waals surface area (Å²) in [6.07, 6.45) is -3.61. The van der Waals surface area contributed by atoms with E-state index >= 15 is 0 Å². The number of benzene rings is 2. The third kappa shape index (κ3) is 5.38. The van der Waals surface area contributed by atoms with E-state index in [2.05, 4.69) is 0 Å². The molecule has 2 heterocycles. The highest BCUT2D eigenvalue weighted by molar-refractivity contribution is 5.94. The molecule has 2 amide bonds. The zero-order chi connectivity index (χ0) is 23.6. The Morgan fingerprint density at radius 1 is 0.909 bits per heavy atom. The van der Waals surface area contributed by atoms with Crippen LogP contribution >= 0.6 is 0 Å². The Hall–Kier alpha value is -2.87. The Morgan fingerprint density at radius 2 is 1.55 bits per heavy atom. The van der Waals surface area contributed by atoms with Crippen molar-refractivity contribution in [2.75, 3.05) is 26.2 Å². The second-order valence-corrected chi connectivity index (χ2v) is 8.73. The fraction of sp³-hybridized carbons (Fsp3) is 0.440. The van der Waals surface area contributed by atoms with Gasteiger partial charge < -0.3 is 14.5 Å². The summed E-state index contributed by atoms with van der Waals surface area (Å²) >= 11 is 0. The summed E-state index contributed by atoms with van der Waals surface area (Å²) in [5.74, 6) is -0.408. The van der Waals surface area contributed by atoms with Crippen molar-refractivity contribution in [1.29, 1.82) is 0 Å². The Balaban J connectivity index is 1.34. The minimum atomic E-state index is -4.43. The molecule has 4 rings (SSSR count). The summed E-state index contributed by atoms with van der Waals surface area (Å²) in [6.45, 7) is 3.79. The number of carbonyl (C=O) groups excluding carboxylic acids is 2. The minimum Gasteiger partial charge on any atom is -0.367 e. The number of hydrogen-bond donors (Lipinski definition) is 0. The molecular weight excluding hydrogens is 433 g/mol. The normalized spacial score (nSPS) is 22.3. The number of ether oxygens (including phenoxy) is 1. The van der Waals surface area contributed by atoms with Crippen molar-refractivity contribution in [1.82, 2.24) is 9.80 Å². The number of morpholine rings is 1. The summed E-state index contributed by atoms with van der Waals surface area (Å²) in [6, 6.07) is 14.1.